The zero-order valence-electron chi connectivity index (χ0n) is 17.0. The van der Waals surface area contributed by atoms with E-state index in [1.807, 2.05) is 20.8 Å². The van der Waals surface area contributed by atoms with Gasteiger partial charge in [0.05, 0.1) is 12.6 Å². The fourth-order valence-electron chi connectivity index (χ4n) is 3.27. The molecule has 1 amide bonds. The van der Waals surface area contributed by atoms with Crippen molar-refractivity contribution in [1.29, 1.82) is 5.41 Å². The molecule has 1 aromatic rings. The van der Waals surface area contributed by atoms with Gasteiger partial charge >= 0.3 is 12.1 Å². The van der Waals surface area contributed by atoms with Gasteiger partial charge in [-0.3, -0.25) is 15.2 Å². The van der Waals surface area contributed by atoms with E-state index in [0.717, 1.165) is 0 Å². The summed E-state index contributed by atoms with van der Waals surface area (Å²) >= 11 is 0. The van der Waals surface area contributed by atoms with Crippen molar-refractivity contribution in [3.8, 4) is 0 Å². The summed E-state index contributed by atoms with van der Waals surface area (Å²) in [6.07, 6.45) is -0.638. The van der Waals surface area contributed by atoms with Gasteiger partial charge in [0.2, 0.25) is 0 Å². The second-order valence-electron chi connectivity index (χ2n) is 8.31. The molecule has 0 spiro atoms. The molecule has 3 rings (SSSR count). The first-order valence-corrected chi connectivity index (χ1v) is 9.59. The first-order valence-electron chi connectivity index (χ1n) is 9.59. The normalized spacial score (nSPS) is 20.3. The van der Waals surface area contributed by atoms with Gasteiger partial charge in [0.1, 0.15) is 24.1 Å². The van der Waals surface area contributed by atoms with E-state index in [4.69, 9.17) is 25.4 Å². The smallest absolute Gasteiger partial charge is 0.414 e. The third-order valence-corrected chi connectivity index (χ3v) is 4.61. The van der Waals surface area contributed by atoms with Crippen LogP contribution in [-0.2, 0) is 19.0 Å². The third-order valence-electron chi connectivity index (χ3n) is 4.61. The molecular weight excluding hydrogens is 376 g/mol. The summed E-state index contributed by atoms with van der Waals surface area (Å²) < 4.78 is 16.2. The lowest BCUT2D eigenvalue weighted by molar-refractivity contribution is -0.166. The Morgan fingerprint density at radius 2 is 1.90 bits per heavy atom. The number of nitrogen functional groups attached to an aromatic ring is 1. The van der Waals surface area contributed by atoms with Crippen LogP contribution in [0, 0.1) is 5.41 Å². The summed E-state index contributed by atoms with van der Waals surface area (Å²) in [5.74, 6) is -0.383. The van der Waals surface area contributed by atoms with Crippen molar-refractivity contribution in [2.24, 2.45) is 5.73 Å². The number of carbonyl (C=O) groups is 2. The molecule has 0 bridgehead atoms. The molecule has 9 nitrogen and oxygen atoms in total. The van der Waals surface area contributed by atoms with Crippen molar-refractivity contribution in [3.63, 3.8) is 0 Å². The Bertz CT molecular complexity index is 768. The van der Waals surface area contributed by atoms with Crippen molar-refractivity contribution < 1.29 is 23.8 Å². The largest absolute Gasteiger partial charge is 0.458 e. The lowest BCUT2D eigenvalue weighted by atomic mass is 10.1. The summed E-state index contributed by atoms with van der Waals surface area (Å²) in [5, 5.41) is 7.43. The number of esters is 1. The molecule has 2 aliphatic heterocycles. The Morgan fingerprint density at radius 3 is 2.48 bits per heavy atom. The van der Waals surface area contributed by atoms with Gasteiger partial charge in [-0.2, -0.15) is 0 Å². The van der Waals surface area contributed by atoms with E-state index in [2.05, 4.69) is 4.90 Å². The van der Waals surface area contributed by atoms with E-state index in [-0.39, 0.29) is 36.7 Å². The topological polar surface area (TPSA) is 118 Å². The zero-order chi connectivity index (χ0) is 21.2. The van der Waals surface area contributed by atoms with E-state index >= 15 is 0 Å². The van der Waals surface area contributed by atoms with E-state index in [1.165, 1.54) is 0 Å². The number of amidine groups is 1. The van der Waals surface area contributed by atoms with Crippen LogP contribution in [0.15, 0.2) is 24.3 Å². The van der Waals surface area contributed by atoms with Crippen molar-refractivity contribution >= 4 is 23.6 Å². The minimum atomic E-state index is -0.517. The monoisotopic (exact) mass is 404 g/mol. The van der Waals surface area contributed by atoms with Crippen LogP contribution in [0.2, 0.25) is 0 Å². The number of anilines is 1. The highest BCUT2D eigenvalue weighted by atomic mass is 16.6. The third kappa shape index (κ3) is 5.68. The molecule has 158 valence electrons. The van der Waals surface area contributed by atoms with Crippen LogP contribution < -0.4 is 10.6 Å². The fraction of sp³-hybridized carbons (Fsp3) is 0.550. The number of cyclic esters (lactones) is 1. The summed E-state index contributed by atoms with van der Waals surface area (Å²) in [6.45, 7) is 7.84. The maximum absolute atomic E-state index is 12.2. The van der Waals surface area contributed by atoms with Gasteiger partial charge in [-0.1, -0.05) is 0 Å². The molecule has 0 aliphatic carbocycles. The van der Waals surface area contributed by atoms with Crippen molar-refractivity contribution in [3.05, 3.63) is 29.8 Å². The average Bonchev–Trinajstić information content (AvgIpc) is 2.95. The molecule has 1 atom stereocenters. The van der Waals surface area contributed by atoms with Gasteiger partial charge < -0.3 is 19.9 Å². The predicted octanol–water partition coefficient (Wildman–Crippen LogP) is 1.34. The Balaban J connectivity index is 1.40. The lowest BCUT2D eigenvalue weighted by Crippen LogP contribution is -2.55. The number of nitrogens with two attached hydrogens (primary N) is 1. The molecule has 29 heavy (non-hydrogen) atoms. The van der Waals surface area contributed by atoms with Crippen LogP contribution in [0.3, 0.4) is 0 Å². The van der Waals surface area contributed by atoms with Gasteiger partial charge in [-0.15, -0.1) is 0 Å². The van der Waals surface area contributed by atoms with Crippen molar-refractivity contribution in [1.82, 2.24) is 4.90 Å². The van der Waals surface area contributed by atoms with E-state index in [1.54, 1.807) is 29.2 Å². The minimum absolute atomic E-state index is 0.0142. The summed E-state index contributed by atoms with van der Waals surface area (Å²) in [5.41, 5.74) is 6.26. The van der Waals surface area contributed by atoms with Gasteiger partial charge in [-0.05, 0) is 45.0 Å². The molecule has 9 heteroatoms. The standard InChI is InChI=1S/C20H28N4O5/c1-20(2,3)29-17(25)12-27-15-8-23(9-15)10-16-11-24(19(26)28-16)14-6-4-13(5-7-14)18(21)22/h4-7,15-16H,8-12H2,1-3H3,(H3,21,22). The minimum Gasteiger partial charge on any atom is -0.458 e. The van der Waals surface area contributed by atoms with Crippen LogP contribution in [0.1, 0.15) is 26.3 Å². The SMILES string of the molecule is CC(C)(C)OC(=O)COC1CN(CC2CN(c3ccc(C(=N)N)cc3)C(=O)O2)C1. The van der Waals surface area contributed by atoms with Crippen LogP contribution in [-0.4, -0.2) is 73.4 Å². The van der Waals surface area contributed by atoms with Crippen LogP contribution in [0.4, 0.5) is 10.5 Å². The van der Waals surface area contributed by atoms with E-state index in [0.29, 0.717) is 37.4 Å². The number of amides is 1. The number of hydrogen-bond acceptors (Lipinski definition) is 7. The molecule has 0 radical (unpaired) electrons. The van der Waals surface area contributed by atoms with Crippen LogP contribution in [0.25, 0.3) is 0 Å². The number of nitrogens with one attached hydrogen (secondary N) is 1. The summed E-state index contributed by atoms with van der Waals surface area (Å²) in [6, 6.07) is 6.93. The molecule has 2 fully saturated rings. The van der Waals surface area contributed by atoms with Crippen LogP contribution in [0.5, 0.6) is 0 Å². The van der Waals surface area contributed by atoms with Gasteiger partial charge in [0.25, 0.3) is 0 Å². The molecule has 2 saturated heterocycles. The molecule has 1 aromatic carbocycles. The highest BCUT2D eigenvalue weighted by molar-refractivity contribution is 5.96. The molecule has 2 aliphatic rings. The second kappa shape index (κ2) is 8.38. The fourth-order valence-corrected chi connectivity index (χ4v) is 3.27. The quantitative estimate of drug-likeness (QED) is 0.400. The van der Waals surface area contributed by atoms with Crippen LogP contribution >= 0.6 is 0 Å². The Morgan fingerprint density at radius 1 is 1.24 bits per heavy atom. The highest BCUT2D eigenvalue weighted by Gasteiger charge is 2.37. The number of nitrogens with zero attached hydrogens (tertiary/aromatic N) is 2. The summed E-state index contributed by atoms with van der Waals surface area (Å²) in [7, 11) is 0. The van der Waals surface area contributed by atoms with Gasteiger partial charge in [0, 0.05) is 30.9 Å². The molecule has 1 unspecified atom stereocenters. The second-order valence-corrected chi connectivity index (χ2v) is 8.31. The van der Waals surface area contributed by atoms with Gasteiger partial charge in [0.15, 0.2) is 0 Å². The van der Waals surface area contributed by atoms with Crippen molar-refractivity contribution in [2.45, 2.75) is 38.6 Å². The highest BCUT2D eigenvalue weighted by Crippen LogP contribution is 2.24. The van der Waals surface area contributed by atoms with Gasteiger partial charge in [-0.25, -0.2) is 9.59 Å². The molecule has 2 heterocycles. The maximum atomic E-state index is 12.2. The Labute approximate surface area is 170 Å². The number of likely N-dealkylation sites (tertiary alicyclic amines) is 1. The summed E-state index contributed by atoms with van der Waals surface area (Å²) in [4.78, 5) is 27.6. The zero-order valence-corrected chi connectivity index (χ0v) is 17.0. The molecule has 0 saturated carbocycles. The Hall–Kier alpha value is -2.65. The molecule has 3 N–H and O–H groups in total. The number of benzene rings is 1. The predicted molar refractivity (Wildman–Crippen MR) is 107 cm³/mol. The van der Waals surface area contributed by atoms with Crippen molar-refractivity contribution in [2.75, 3.05) is 37.7 Å². The maximum Gasteiger partial charge on any atom is 0.414 e. The van der Waals surface area contributed by atoms with E-state index < -0.39 is 5.60 Å². The van der Waals surface area contributed by atoms with E-state index in [9.17, 15) is 9.59 Å². The number of hydrogen-bond donors (Lipinski definition) is 2. The number of rotatable bonds is 7. The Kier molecular flexibility index (Phi) is 6.09. The average molecular weight is 404 g/mol. The first kappa shape index (κ1) is 21.1. The molecular formula is C20H28N4O5. The lowest BCUT2D eigenvalue weighted by Gasteiger charge is -2.39. The number of ether oxygens (including phenoxy) is 3. The first-order chi connectivity index (χ1) is 13.6. The molecule has 0 aromatic heterocycles. The number of carbonyl (C=O) groups excluding carboxylic acids is 2.